The van der Waals surface area contributed by atoms with Gasteiger partial charge in [-0.3, -0.25) is 9.59 Å². The van der Waals surface area contributed by atoms with Crippen LogP contribution in [0.5, 0.6) is 17.2 Å². The zero-order chi connectivity index (χ0) is 22.1. The average molecular weight is 434 g/mol. The molecule has 1 saturated carbocycles. The van der Waals surface area contributed by atoms with Crippen molar-refractivity contribution in [2.75, 3.05) is 20.3 Å². The van der Waals surface area contributed by atoms with Gasteiger partial charge in [0.25, 0.3) is 0 Å². The molecule has 7 nitrogen and oxygen atoms in total. The molecule has 1 fully saturated rings. The number of methoxy groups -OCH3 is 1. The molecule has 1 amide bonds. The summed E-state index contributed by atoms with van der Waals surface area (Å²) >= 11 is 0. The molecule has 166 valence electrons. The smallest absolute Gasteiger partial charge is 0.240 e. The molecule has 2 aliphatic rings. The second kappa shape index (κ2) is 8.57. The third-order valence-corrected chi connectivity index (χ3v) is 5.94. The Labute approximate surface area is 186 Å². The van der Waals surface area contributed by atoms with Gasteiger partial charge in [0.2, 0.25) is 5.91 Å². The van der Waals surface area contributed by atoms with Crippen LogP contribution in [-0.4, -0.2) is 36.6 Å². The summed E-state index contributed by atoms with van der Waals surface area (Å²) in [4.78, 5) is 25.5. The lowest BCUT2D eigenvalue weighted by Gasteiger charge is -2.14. The minimum absolute atomic E-state index is 0.130. The number of nitrogens with zero attached hydrogens (tertiary/aromatic N) is 1. The lowest BCUT2D eigenvalue weighted by atomic mass is 10.1. The number of hydrogen-bond donors (Lipinski definition) is 1. The van der Waals surface area contributed by atoms with Gasteiger partial charge < -0.3 is 24.1 Å². The normalized spacial score (nSPS) is 15.3. The number of rotatable bonds is 7. The Hall–Kier alpha value is -3.48. The van der Waals surface area contributed by atoms with E-state index in [1.807, 2.05) is 41.1 Å². The SMILES string of the molecule is COc1cc2c(cc1CNC(=O)Cn1cc(C(=O)C3CC3)c3ccccc31)OCCCO2. The first-order valence-corrected chi connectivity index (χ1v) is 11.0. The number of fused-ring (bicyclic) bond motifs is 2. The van der Waals surface area contributed by atoms with Crippen molar-refractivity contribution in [1.29, 1.82) is 0 Å². The molecule has 2 aromatic carbocycles. The molecule has 1 aliphatic carbocycles. The molecule has 1 N–H and O–H groups in total. The fourth-order valence-corrected chi connectivity index (χ4v) is 4.10. The van der Waals surface area contributed by atoms with Gasteiger partial charge >= 0.3 is 0 Å². The summed E-state index contributed by atoms with van der Waals surface area (Å²) in [6, 6.07) is 11.4. The number of para-hydroxylation sites is 1. The van der Waals surface area contributed by atoms with Gasteiger partial charge in [0.15, 0.2) is 17.3 Å². The Kier molecular flexibility index (Phi) is 5.47. The molecule has 1 aromatic heterocycles. The van der Waals surface area contributed by atoms with Crippen LogP contribution in [0, 0.1) is 5.92 Å². The average Bonchev–Trinajstić information content (AvgIpc) is 3.63. The number of benzene rings is 2. The maximum Gasteiger partial charge on any atom is 0.240 e. The minimum Gasteiger partial charge on any atom is -0.496 e. The number of nitrogens with one attached hydrogen (secondary N) is 1. The molecule has 2 heterocycles. The summed E-state index contributed by atoms with van der Waals surface area (Å²) < 4.78 is 18.8. The van der Waals surface area contributed by atoms with Crippen molar-refractivity contribution in [3.05, 3.63) is 53.7 Å². The maximum atomic E-state index is 12.8. The van der Waals surface area contributed by atoms with Crippen LogP contribution in [0.15, 0.2) is 42.6 Å². The summed E-state index contributed by atoms with van der Waals surface area (Å²) in [5.74, 6) is 2.11. The minimum atomic E-state index is -0.148. The highest BCUT2D eigenvalue weighted by Crippen LogP contribution is 2.37. The summed E-state index contributed by atoms with van der Waals surface area (Å²) in [7, 11) is 1.59. The van der Waals surface area contributed by atoms with Crippen LogP contribution in [0.25, 0.3) is 10.9 Å². The molecule has 0 saturated heterocycles. The molecule has 32 heavy (non-hydrogen) atoms. The third-order valence-electron chi connectivity index (χ3n) is 5.94. The Bertz CT molecular complexity index is 1180. The van der Waals surface area contributed by atoms with Gasteiger partial charge in [0.1, 0.15) is 12.3 Å². The van der Waals surface area contributed by atoms with Crippen molar-refractivity contribution in [3.63, 3.8) is 0 Å². The number of ether oxygens (including phenoxy) is 3. The first-order chi connectivity index (χ1) is 15.6. The van der Waals surface area contributed by atoms with Crippen molar-refractivity contribution in [2.24, 2.45) is 5.92 Å². The Morgan fingerprint density at radius 1 is 1.12 bits per heavy atom. The Morgan fingerprint density at radius 2 is 1.88 bits per heavy atom. The van der Waals surface area contributed by atoms with Crippen molar-refractivity contribution < 1.29 is 23.8 Å². The summed E-state index contributed by atoms with van der Waals surface area (Å²) in [5, 5.41) is 3.87. The van der Waals surface area contributed by atoms with Crippen molar-refractivity contribution in [1.82, 2.24) is 9.88 Å². The van der Waals surface area contributed by atoms with Gasteiger partial charge in [-0.1, -0.05) is 18.2 Å². The van der Waals surface area contributed by atoms with Crippen LogP contribution < -0.4 is 19.5 Å². The van der Waals surface area contributed by atoms with Crippen LogP contribution in [-0.2, 0) is 17.9 Å². The highest BCUT2D eigenvalue weighted by atomic mass is 16.5. The zero-order valence-corrected chi connectivity index (χ0v) is 18.1. The number of hydrogen-bond acceptors (Lipinski definition) is 5. The number of carbonyl (C=O) groups is 2. The second-order valence-corrected chi connectivity index (χ2v) is 8.26. The Balaban J connectivity index is 1.32. The van der Waals surface area contributed by atoms with Crippen LogP contribution >= 0.6 is 0 Å². The van der Waals surface area contributed by atoms with Crippen molar-refractivity contribution in [2.45, 2.75) is 32.4 Å². The summed E-state index contributed by atoms with van der Waals surface area (Å²) in [6.45, 7) is 1.62. The van der Waals surface area contributed by atoms with E-state index in [-0.39, 0.29) is 24.2 Å². The largest absolute Gasteiger partial charge is 0.496 e. The van der Waals surface area contributed by atoms with Gasteiger partial charge in [0, 0.05) is 53.2 Å². The number of carbonyl (C=O) groups excluding carboxylic acids is 2. The van der Waals surface area contributed by atoms with Crippen molar-refractivity contribution in [3.8, 4) is 17.2 Å². The van der Waals surface area contributed by atoms with E-state index in [0.717, 1.165) is 35.7 Å². The van der Waals surface area contributed by atoms with E-state index in [9.17, 15) is 9.59 Å². The van der Waals surface area contributed by atoms with E-state index >= 15 is 0 Å². The van der Waals surface area contributed by atoms with E-state index in [1.165, 1.54) is 0 Å². The number of aromatic nitrogens is 1. The van der Waals surface area contributed by atoms with Gasteiger partial charge in [0.05, 0.1) is 20.3 Å². The molecule has 0 atom stereocenters. The maximum absolute atomic E-state index is 12.8. The second-order valence-electron chi connectivity index (χ2n) is 8.26. The number of amides is 1. The predicted octanol–water partition coefficient (Wildman–Crippen LogP) is 3.72. The van der Waals surface area contributed by atoms with Gasteiger partial charge in [-0.15, -0.1) is 0 Å². The monoisotopic (exact) mass is 434 g/mol. The van der Waals surface area contributed by atoms with Crippen LogP contribution in [0.2, 0.25) is 0 Å². The molecule has 5 rings (SSSR count). The summed E-state index contributed by atoms with van der Waals surface area (Å²) in [5.41, 5.74) is 2.41. The molecule has 7 heteroatoms. The number of ketones is 1. The zero-order valence-electron chi connectivity index (χ0n) is 18.1. The molecule has 1 aliphatic heterocycles. The third kappa shape index (κ3) is 4.02. The lowest BCUT2D eigenvalue weighted by Crippen LogP contribution is -2.27. The molecule has 0 spiro atoms. The fraction of sp³-hybridized carbons (Fsp3) is 0.360. The lowest BCUT2D eigenvalue weighted by molar-refractivity contribution is -0.121. The number of Topliss-reactive ketones (excluding diaryl/α,β-unsaturated/α-hetero) is 1. The molecule has 3 aromatic rings. The van der Waals surface area contributed by atoms with Crippen LogP contribution in [0.3, 0.4) is 0 Å². The standard InChI is InChI=1S/C25H26N2O5/c1-30-21-12-23-22(31-9-4-10-32-23)11-17(21)13-26-24(28)15-27-14-19(25(29)16-7-8-16)18-5-2-3-6-20(18)27/h2-3,5-6,11-12,14,16H,4,7-10,13,15H2,1H3,(H,26,28). The highest BCUT2D eigenvalue weighted by molar-refractivity contribution is 6.10. The van der Waals surface area contributed by atoms with E-state index in [4.69, 9.17) is 14.2 Å². The van der Waals surface area contributed by atoms with Crippen molar-refractivity contribution >= 4 is 22.6 Å². The van der Waals surface area contributed by atoms with Gasteiger partial charge in [-0.05, 0) is 25.0 Å². The van der Waals surface area contributed by atoms with Gasteiger partial charge in [-0.25, -0.2) is 0 Å². The molecule has 0 unspecified atom stereocenters. The Morgan fingerprint density at radius 3 is 2.62 bits per heavy atom. The van der Waals surface area contributed by atoms with E-state index in [0.29, 0.717) is 42.6 Å². The first kappa shape index (κ1) is 20.4. The van der Waals surface area contributed by atoms with Crippen LogP contribution in [0.1, 0.15) is 35.2 Å². The summed E-state index contributed by atoms with van der Waals surface area (Å²) in [6.07, 6.45) is 4.55. The molecular weight excluding hydrogens is 408 g/mol. The predicted molar refractivity (Wildman–Crippen MR) is 119 cm³/mol. The first-order valence-electron chi connectivity index (χ1n) is 11.0. The highest BCUT2D eigenvalue weighted by Gasteiger charge is 2.32. The molecular formula is C25H26N2O5. The van der Waals surface area contributed by atoms with E-state index in [1.54, 1.807) is 13.2 Å². The van der Waals surface area contributed by atoms with E-state index < -0.39 is 0 Å². The van der Waals surface area contributed by atoms with Gasteiger partial charge in [-0.2, -0.15) is 0 Å². The van der Waals surface area contributed by atoms with Crippen LogP contribution in [0.4, 0.5) is 0 Å². The molecule has 0 radical (unpaired) electrons. The molecule has 0 bridgehead atoms. The fourth-order valence-electron chi connectivity index (χ4n) is 4.10. The topological polar surface area (TPSA) is 78.8 Å². The quantitative estimate of drug-likeness (QED) is 0.574. The van der Waals surface area contributed by atoms with E-state index in [2.05, 4.69) is 5.32 Å².